The van der Waals surface area contributed by atoms with Crippen LogP contribution in [0.15, 0.2) is 0 Å². The van der Waals surface area contributed by atoms with Gasteiger partial charge in [0.2, 0.25) is 0 Å². The molecule has 0 saturated heterocycles. The van der Waals surface area contributed by atoms with Crippen molar-refractivity contribution in [1.29, 1.82) is 0 Å². The quantitative estimate of drug-likeness (QED) is 0.799. The zero-order valence-electron chi connectivity index (χ0n) is 12.3. The molecule has 2 aliphatic rings. The van der Waals surface area contributed by atoms with Crippen LogP contribution in [0.25, 0.3) is 0 Å². The van der Waals surface area contributed by atoms with Crippen LogP contribution in [-0.2, 0) is 9.84 Å². The zero-order chi connectivity index (χ0) is 14.1. The van der Waals surface area contributed by atoms with Crippen LogP contribution in [0, 0.1) is 11.8 Å². The summed E-state index contributed by atoms with van der Waals surface area (Å²) in [7, 11) is -0.844. The third-order valence-electron chi connectivity index (χ3n) is 5.14. The van der Waals surface area contributed by atoms with Crippen molar-refractivity contribution in [3.05, 3.63) is 0 Å². The topological polar surface area (TPSA) is 63.4 Å². The van der Waals surface area contributed by atoms with Gasteiger partial charge in [0.15, 0.2) is 0 Å². The van der Waals surface area contributed by atoms with Crippen LogP contribution in [-0.4, -0.2) is 51.0 Å². The Balaban J connectivity index is 1.99. The molecule has 0 amide bonds. The molecule has 0 aliphatic heterocycles. The Bertz CT molecular complexity index is 406. The van der Waals surface area contributed by atoms with Gasteiger partial charge in [0.25, 0.3) is 0 Å². The van der Waals surface area contributed by atoms with Gasteiger partial charge in [-0.3, -0.25) is 4.90 Å². The van der Waals surface area contributed by atoms with Gasteiger partial charge in [0.05, 0.1) is 5.75 Å². The van der Waals surface area contributed by atoms with Gasteiger partial charge in [-0.25, -0.2) is 8.42 Å². The lowest BCUT2D eigenvalue weighted by molar-refractivity contribution is 0.0565. The highest BCUT2D eigenvalue weighted by atomic mass is 32.2. The average Bonchev–Trinajstić information content (AvgIpc) is 3.19. The maximum absolute atomic E-state index is 11.3. The van der Waals surface area contributed by atoms with Crippen LogP contribution < -0.4 is 5.73 Å². The fraction of sp³-hybridized carbons (Fsp3) is 1.00. The monoisotopic (exact) mass is 288 g/mol. The number of likely N-dealkylation sites (N-methyl/N-ethyl adjacent to an activating group) is 1. The predicted octanol–water partition coefficient (Wildman–Crippen LogP) is 1.26. The Kier molecular flexibility index (Phi) is 4.58. The van der Waals surface area contributed by atoms with Crippen LogP contribution in [0.5, 0.6) is 0 Å². The van der Waals surface area contributed by atoms with Crippen molar-refractivity contribution in [3.63, 3.8) is 0 Å². The van der Waals surface area contributed by atoms with E-state index in [-0.39, 0.29) is 11.3 Å². The van der Waals surface area contributed by atoms with E-state index >= 15 is 0 Å². The van der Waals surface area contributed by atoms with Crippen LogP contribution in [0.3, 0.4) is 0 Å². The number of hydrogen-bond acceptors (Lipinski definition) is 4. The molecule has 2 rings (SSSR count). The molecule has 0 aromatic carbocycles. The van der Waals surface area contributed by atoms with Crippen molar-refractivity contribution in [2.45, 2.75) is 44.1 Å². The summed E-state index contributed by atoms with van der Waals surface area (Å²) in [4.78, 5) is 2.22. The molecule has 2 fully saturated rings. The van der Waals surface area contributed by atoms with E-state index in [0.717, 1.165) is 24.7 Å². The first-order chi connectivity index (χ1) is 8.86. The van der Waals surface area contributed by atoms with Gasteiger partial charge >= 0.3 is 0 Å². The molecular weight excluding hydrogens is 260 g/mol. The fourth-order valence-corrected chi connectivity index (χ4v) is 4.19. The minimum atomic E-state index is -2.89. The first kappa shape index (κ1) is 15.3. The van der Waals surface area contributed by atoms with Crippen molar-refractivity contribution in [2.24, 2.45) is 17.6 Å². The van der Waals surface area contributed by atoms with Gasteiger partial charge in [0, 0.05) is 24.9 Å². The van der Waals surface area contributed by atoms with Crippen molar-refractivity contribution in [2.75, 3.05) is 32.1 Å². The minimum Gasteiger partial charge on any atom is -0.329 e. The highest BCUT2D eigenvalue weighted by Crippen LogP contribution is 2.47. The van der Waals surface area contributed by atoms with Crippen molar-refractivity contribution < 1.29 is 8.42 Å². The molecule has 112 valence electrons. The van der Waals surface area contributed by atoms with Crippen molar-refractivity contribution >= 4 is 9.84 Å². The zero-order valence-corrected chi connectivity index (χ0v) is 13.1. The van der Waals surface area contributed by atoms with E-state index < -0.39 is 9.84 Å². The molecule has 2 saturated carbocycles. The molecule has 0 aromatic rings. The Morgan fingerprint density at radius 3 is 2.47 bits per heavy atom. The van der Waals surface area contributed by atoms with Gasteiger partial charge in [0.1, 0.15) is 9.84 Å². The van der Waals surface area contributed by atoms with Crippen LogP contribution in [0.1, 0.15) is 38.5 Å². The standard InChI is InChI=1S/C14H28N2O2S/c1-16(8-9-19(2,17)18)14(11-15)7-3-4-13(10-14)12-5-6-12/h12-13H,3-11,15H2,1-2H3. The number of nitrogens with two attached hydrogens (primary N) is 1. The second-order valence-electron chi connectivity index (χ2n) is 6.67. The van der Waals surface area contributed by atoms with Crippen LogP contribution >= 0.6 is 0 Å². The molecule has 0 aromatic heterocycles. The Hall–Kier alpha value is -0.130. The van der Waals surface area contributed by atoms with Gasteiger partial charge < -0.3 is 5.73 Å². The lowest BCUT2D eigenvalue weighted by Gasteiger charge is -2.47. The summed E-state index contributed by atoms with van der Waals surface area (Å²) in [6, 6.07) is 0. The lowest BCUT2D eigenvalue weighted by Crippen LogP contribution is -2.56. The van der Waals surface area contributed by atoms with E-state index in [0.29, 0.717) is 13.1 Å². The minimum absolute atomic E-state index is 0.0379. The average molecular weight is 288 g/mol. The first-order valence-electron chi connectivity index (χ1n) is 7.45. The molecule has 0 heterocycles. The number of nitrogens with zero attached hydrogens (tertiary/aromatic N) is 1. The van der Waals surface area contributed by atoms with Crippen molar-refractivity contribution in [1.82, 2.24) is 4.90 Å². The smallest absolute Gasteiger partial charge is 0.148 e. The summed E-state index contributed by atoms with van der Waals surface area (Å²) in [5.41, 5.74) is 6.11. The van der Waals surface area contributed by atoms with Gasteiger partial charge in [-0.05, 0) is 44.6 Å². The largest absolute Gasteiger partial charge is 0.329 e. The molecule has 0 radical (unpaired) electrons. The SMILES string of the molecule is CN(CCS(C)(=O)=O)C1(CN)CCCC(C2CC2)C1. The van der Waals surface area contributed by atoms with E-state index in [1.165, 1.54) is 31.9 Å². The van der Waals surface area contributed by atoms with E-state index in [1.807, 2.05) is 7.05 Å². The van der Waals surface area contributed by atoms with Crippen LogP contribution in [0.2, 0.25) is 0 Å². The van der Waals surface area contributed by atoms with Crippen LogP contribution in [0.4, 0.5) is 0 Å². The summed E-state index contributed by atoms with van der Waals surface area (Å²) >= 11 is 0. The summed E-state index contributed by atoms with van der Waals surface area (Å²) in [6.07, 6.45) is 8.94. The molecule has 0 bridgehead atoms. The fourth-order valence-electron chi connectivity index (χ4n) is 3.58. The Morgan fingerprint density at radius 1 is 1.26 bits per heavy atom. The van der Waals surface area contributed by atoms with Gasteiger partial charge in [-0.1, -0.05) is 12.8 Å². The third-order valence-corrected chi connectivity index (χ3v) is 6.06. The number of sulfone groups is 1. The number of rotatable bonds is 6. The van der Waals surface area contributed by atoms with Gasteiger partial charge in [-0.2, -0.15) is 0 Å². The molecule has 4 nitrogen and oxygen atoms in total. The maximum atomic E-state index is 11.3. The molecule has 19 heavy (non-hydrogen) atoms. The first-order valence-corrected chi connectivity index (χ1v) is 9.51. The molecule has 2 atom stereocenters. The highest BCUT2D eigenvalue weighted by molar-refractivity contribution is 7.90. The van der Waals surface area contributed by atoms with Crippen molar-refractivity contribution in [3.8, 4) is 0 Å². The third kappa shape index (κ3) is 3.92. The lowest BCUT2D eigenvalue weighted by atomic mass is 9.73. The normalized spacial score (nSPS) is 32.7. The molecule has 2 aliphatic carbocycles. The van der Waals surface area contributed by atoms with E-state index in [2.05, 4.69) is 4.90 Å². The molecule has 2 N–H and O–H groups in total. The summed E-state index contributed by atoms with van der Waals surface area (Å²) in [6.45, 7) is 1.25. The second kappa shape index (κ2) is 5.70. The van der Waals surface area contributed by atoms with E-state index in [1.54, 1.807) is 0 Å². The van der Waals surface area contributed by atoms with E-state index in [9.17, 15) is 8.42 Å². The highest BCUT2D eigenvalue weighted by Gasteiger charge is 2.43. The maximum Gasteiger partial charge on any atom is 0.148 e. The summed E-state index contributed by atoms with van der Waals surface area (Å²) < 4.78 is 22.7. The predicted molar refractivity (Wildman–Crippen MR) is 78.8 cm³/mol. The second-order valence-corrected chi connectivity index (χ2v) is 8.93. The molecule has 5 heteroatoms. The Morgan fingerprint density at radius 2 is 1.95 bits per heavy atom. The van der Waals surface area contributed by atoms with Gasteiger partial charge in [-0.15, -0.1) is 0 Å². The molecule has 2 unspecified atom stereocenters. The Labute approximate surface area is 117 Å². The van der Waals surface area contributed by atoms with E-state index in [4.69, 9.17) is 5.73 Å². The summed E-state index contributed by atoms with van der Waals surface area (Å²) in [5, 5.41) is 0. The number of hydrogen-bond donors (Lipinski definition) is 1. The molecular formula is C14H28N2O2S. The summed E-state index contributed by atoms with van der Waals surface area (Å²) in [5.74, 6) is 1.98. The molecule has 0 spiro atoms.